The van der Waals surface area contributed by atoms with E-state index in [0.717, 1.165) is 0 Å². The maximum Gasteiger partial charge on any atom is 0.217 e. The molecule has 0 fully saturated rings. The molecule has 1 aromatic carbocycles. The van der Waals surface area contributed by atoms with Crippen LogP contribution in [0.25, 0.3) is 0 Å². The van der Waals surface area contributed by atoms with Crippen LogP contribution in [0.3, 0.4) is 0 Å². The highest BCUT2D eigenvalue weighted by Gasteiger charge is 2.32. The van der Waals surface area contributed by atoms with Gasteiger partial charge in [0.1, 0.15) is 13.2 Å². The summed E-state index contributed by atoms with van der Waals surface area (Å²) in [6, 6.07) is 2.84. The molecule has 18 heavy (non-hydrogen) atoms. The smallest absolute Gasteiger partial charge is 0.217 e. The summed E-state index contributed by atoms with van der Waals surface area (Å²) in [5.74, 6) is -0.350. The van der Waals surface area contributed by atoms with Gasteiger partial charge in [-0.1, -0.05) is 52.1 Å². The Hall–Kier alpha value is -0.710. The molecular formula is C11H9Cl3FNO2. The van der Waals surface area contributed by atoms with Crippen LogP contribution >= 0.6 is 34.8 Å². The third-order valence-corrected chi connectivity index (χ3v) is 3.01. The number of nitroso groups, excluding NO2 is 1. The van der Waals surface area contributed by atoms with E-state index in [1.165, 1.54) is 19.1 Å². The predicted molar refractivity (Wildman–Crippen MR) is 70.0 cm³/mol. The largest absolute Gasteiger partial charge is 0.294 e. The third kappa shape index (κ3) is 3.19. The van der Waals surface area contributed by atoms with Crippen LogP contribution in [0.1, 0.15) is 34.0 Å². The van der Waals surface area contributed by atoms with Crippen molar-refractivity contribution < 1.29 is 9.18 Å². The minimum Gasteiger partial charge on any atom is -0.294 e. The van der Waals surface area contributed by atoms with Crippen molar-refractivity contribution in [2.75, 3.05) is 0 Å². The highest BCUT2D eigenvalue weighted by molar-refractivity contribution is 6.67. The van der Waals surface area contributed by atoms with Crippen molar-refractivity contribution in [1.29, 1.82) is 0 Å². The van der Waals surface area contributed by atoms with Crippen LogP contribution in [0, 0.1) is 4.91 Å². The highest BCUT2D eigenvalue weighted by Crippen LogP contribution is 2.43. The first-order valence-electron chi connectivity index (χ1n) is 4.90. The molecule has 0 unspecified atom stereocenters. The van der Waals surface area contributed by atoms with E-state index in [0.29, 0.717) is 5.56 Å². The Labute approximate surface area is 118 Å². The van der Waals surface area contributed by atoms with Crippen molar-refractivity contribution in [3.63, 3.8) is 0 Å². The van der Waals surface area contributed by atoms with Crippen molar-refractivity contribution in [3.8, 4) is 0 Å². The number of hydrogen-bond acceptors (Lipinski definition) is 3. The number of benzene rings is 1. The molecule has 0 atom stereocenters. The van der Waals surface area contributed by atoms with E-state index in [1.54, 1.807) is 0 Å². The van der Waals surface area contributed by atoms with Gasteiger partial charge >= 0.3 is 0 Å². The lowest BCUT2D eigenvalue weighted by atomic mass is 9.95. The lowest BCUT2D eigenvalue weighted by molar-refractivity contribution is 0.101. The highest BCUT2D eigenvalue weighted by atomic mass is 35.6. The van der Waals surface area contributed by atoms with Crippen LogP contribution in [0.15, 0.2) is 17.3 Å². The zero-order chi connectivity index (χ0) is 13.9. The molecule has 0 N–H and O–H groups in total. The molecule has 0 saturated heterocycles. The summed E-state index contributed by atoms with van der Waals surface area (Å²) in [7, 11) is 0. The second kappa shape index (κ2) is 5.95. The average molecular weight is 313 g/mol. The monoisotopic (exact) mass is 311 g/mol. The number of ketones is 1. The van der Waals surface area contributed by atoms with Gasteiger partial charge in [-0.05, 0) is 18.1 Å². The van der Waals surface area contributed by atoms with Gasteiger partial charge in [0.25, 0.3) is 0 Å². The number of alkyl halides is 4. The van der Waals surface area contributed by atoms with Gasteiger partial charge in [0, 0.05) is 11.1 Å². The van der Waals surface area contributed by atoms with Gasteiger partial charge in [0.05, 0.1) is 0 Å². The SMILES string of the molecule is CC(=O)c1ccc(CN=O)c(CF)c1C(Cl)(Cl)Cl. The average Bonchev–Trinajstić information content (AvgIpc) is 2.27. The molecule has 1 rings (SSSR count). The molecule has 1 aromatic rings. The van der Waals surface area contributed by atoms with Gasteiger partial charge < -0.3 is 0 Å². The van der Waals surface area contributed by atoms with Gasteiger partial charge in [-0.2, -0.15) is 4.91 Å². The van der Waals surface area contributed by atoms with Crippen LogP contribution < -0.4 is 0 Å². The fourth-order valence-electron chi connectivity index (χ4n) is 1.68. The second-order valence-corrected chi connectivity index (χ2v) is 5.88. The summed E-state index contributed by atoms with van der Waals surface area (Å²) in [5, 5.41) is 2.68. The topological polar surface area (TPSA) is 46.5 Å². The zero-order valence-electron chi connectivity index (χ0n) is 9.34. The molecule has 0 aliphatic carbocycles. The lowest BCUT2D eigenvalue weighted by Gasteiger charge is -2.20. The number of Topliss-reactive ketones (excluding diaryl/α,β-unsaturated/α-hetero) is 1. The molecule has 3 nitrogen and oxygen atoms in total. The van der Waals surface area contributed by atoms with Crippen molar-refractivity contribution in [1.82, 2.24) is 0 Å². The Kier molecular flexibility index (Phi) is 5.08. The molecule has 0 saturated carbocycles. The quantitative estimate of drug-likeness (QED) is 0.468. The fraction of sp³-hybridized carbons (Fsp3) is 0.364. The number of halogens is 4. The number of rotatable bonds is 4. The molecule has 0 heterocycles. The second-order valence-electron chi connectivity index (χ2n) is 3.60. The summed E-state index contributed by atoms with van der Waals surface area (Å²) in [4.78, 5) is 21.8. The van der Waals surface area contributed by atoms with Gasteiger partial charge in [0.2, 0.25) is 3.79 Å². The van der Waals surface area contributed by atoms with E-state index in [4.69, 9.17) is 34.8 Å². The van der Waals surface area contributed by atoms with E-state index in [-0.39, 0.29) is 29.0 Å². The van der Waals surface area contributed by atoms with Gasteiger partial charge in [0.15, 0.2) is 5.78 Å². The first kappa shape index (κ1) is 15.3. The molecule has 0 aliphatic heterocycles. The summed E-state index contributed by atoms with van der Waals surface area (Å²) >= 11 is 17.3. The van der Waals surface area contributed by atoms with E-state index in [9.17, 15) is 14.1 Å². The van der Waals surface area contributed by atoms with Crippen LogP contribution in [0.4, 0.5) is 4.39 Å². The summed E-state index contributed by atoms with van der Waals surface area (Å²) in [6.45, 7) is 0.0926. The van der Waals surface area contributed by atoms with Gasteiger partial charge in [-0.15, -0.1) is 0 Å². The van der Waals surface area contributed by atoms with Crippen LogP contribution in [-0.4, -0.2) is 5.78 Å². The molecule has 0 aromatic heterocycles. The maximum atomic E-state index is 13.1. The Bertz CT molecular complexity index is 486. The molecule has 7 heteroatoms. The first-order valence-corrected chi connectivity index (χ1v) is 6.04. The Morgan fingerprint density at radius 3 is 2.39 bits per heavy atom. The Morgan fingerprint density at radius 1 is 1.39 bits per heavy atom. The first-order chi connectivity index (χ1) is 8.32. The minimum atomic E-state index is -1.94. The van der Waals surface area contributed by atoms with Crippen LogP contribution in [0.5, 0.6) is 0 Å². The summed E-state index contributed by atoms with van der Waals surface area (Å²) < 4.78 is 11.2. The molecule has 98 valence electrons. The number of carbonyl (C=O) groups is 1. The van der Waals surface area contributed by atoms with Gasteiger partial charge in [-0.3, -0.25) is 4.79 Å². The fourth-order valence-corrected chi connectivity index (χ4v) is 2.33. The molecule has 0 aliphatic rings. The van der Waals surface area contributed by atoms with Crippen LogP contribution in [-0.2, 0) is 17.0 Å². The van der Waals surface area contributed by atoms with Gasteiger partial charge in [-0.25, -0.2) is 4.39 Å². The van der Waals surface area contributed by atoms with E-state index in [1.807, 2.05) is 0 Å². The molecule has 0 radical (unpaired) electrons. The van der Waals surface area contributed by atoms with E-state index < -0.39 is 10.5 Å². The summed E-state index contributed by atoms with van der Waals surface area (Å²) in [5.41, 5.74) is 0.432. The number of nitrogens with zero attached hydrogens (tertiary/aromatic N) is 1. The normalized spacial score (nSPS) is 11.4. The van der Waals surface area contributed by atoms with Crippen molar-refractivity contribution in [2.45, 2.75) is 23.9 Å². The van der Waals surface area contributed by atoms with Crippen molar-refractivity contribution in [2.24, 2.45) is 5.18 Å². The standard InChI is InChI=1S/C11H9Cl3FNO2/c1-6(17)8-3-2-7(5-16-18)9(4-15)10(8)11(12,13)14/h2-3H,4-5H2,1H3. The lowest BCUT2D eigenvalue weighted by Crippen LogP contribution is -2.14. The van der Waals surface area contributed by atoms with Crippen molar-refractivity contribution >= 4 is 40.6 Å². The Morgan fingerprint density at radius 2 is 2.00 bits per heavy atom. The van der Waals surface area contributed by atoms with Crippen LogP contribution in [0.2, 0.25) is 0 Å². The molecule has 0 amide bonds. The molecule has 0 spiro atoms. The zero-order valence-corrected chi connectivity index (χ0v) is 11.6. The molecular weight excluding hydrogens is 303 g/mol. The number of carbonyl (C=O) groups excluding carboxylic acids is 1. The van der Waals surface area contributed by atoms with E-state index in [2.05, 4.69) is 5.18 Å². The predicted octanol–water partition coefficient (Wildman–Crippen LogP) is 4.45. The third-order valence-electron chi connectivity index (χ3n) is 2.44. The number of hydrogen-bond donors (Lipinski definition) is 0. The molecule has 0 bridgehead atoms. The summed E-state index contributed by atoms with van der Waals surface area (Å²) in [6.07, 6.45) is 0. The maximum absolute atomic E-state index is 13.1. The van der Waals surface area contributed by atoms with E-state index >= 15 is 0 Å². The Balaban J connectivity index is 3.61. The minimum absolute atomic E-state index is 0.0244. The van der Waals surface area contributed by atoms with Crippen molar-refractivity contribution in [3.05, 3.63) is 39.3 Å².